The lowest BCUT2D eigenvalue weighted by molar-refractivity contribution is -0.113. The van der Waals surface area contributed by atoms with Crippen molar-refractivity contribution < 1.29 is 4.79 Å². The molecule has 1 saturated carbocycles. The highest BCUT2D eigenvalue weighted by atomic mass is 127. The van der Waals surface area contributed by atoms with Gasteiger partial charge in [0.05, 0.1) is 17.1 Å². The highest BCUT2D eigenvalue weighted by Crippen LogP contribution is 2.34. The van der Waals surface area contributed by atoms with Crippen molar-refractivity contribution in [2.45, 2.75) is 57.1 Å². The second-order valence-electron chi connectivity index (χ2n) is 6.54. The van der Waals surface area contributed by atoms with Crippen LogP contribution in [-0.4, -0.2) is 21.2 Å². The first-order valence-corrected chi connectivity index (χ1v) is 10.9. The molecule has 1 aromatic carbocycles. The van der Waals surface area contributed by atoms with Gasteiger partial charge in [0.2, 0.25) is 5.91 Å². The molecule has 4 nitrogen and oxygen atoms in total. The minimum atomic E-state index is 0.0163. The van der Waals surface area contributed by atoms with Gasteiger partial charge in [0, 0.05) is 15.3 Å². The Kier molecular flexibility index (Phi) is 6.44. The minimum absolute atomic E-state index is 0.0163. The van der Waals surface area contributed by atoms with E-state index in [0.717, 1.165) is 20.1 Å². The van der Waals surface area contributed by atoms with Crippen molar-refractivity contribution in [1.29, 1.82) is 0 Å². The van der Waals surface area contributed by atoms with Gasteiger partial charge in [-0.2, -0.15) is 0 Å². The Labute approximate surface area is 167 Å². The maximum Gasteiger partial charge on any atom is 0.234 e. The van der Waals surface area contributed by atoms with Gasteiger partial charge in [-0.3, -0.25) is 4.79 Å². The molecule has 0 bridgehead atoms. The Balaban J connectivity index is 1.67. The molecule has 1 fully saturated rings. The maximum absolute atomic E-state index is 12.3. The normalized spacial score (nSPS) is 15.3. The Hall–Kier alpha value is -1.02. The van der Waals surface area contributed by atoms with Crippen LogP contribution in [0.3, 0.4) is 0 Å². The molecule has 6 heteroatoms. The van der Waals surface area contributed by atoms with Crippen LogP contribution in [0, 0.1) is 17.4 Å². The maximum atomic E-state index is 12.3. The van der Waals surface area contributed by atoms with Crippen LogP contribution in [0.5, 0.6) is 0 Å². The highest BCUT2D eigenvalue weighted by molar-refractivity contribution is 14.1. The number of amides is 1. The summed E-state index contributed by atoms with van der Waals surface area (Å²) >= 11 is 3.78. The third-order valence-electron chi connectivity index (χ3n) is 4.77. The average molecular weight is 469 g/mol. The number of carbonyl (C=O) groups excluding carboxylic acids is 1. The summed E-state index contributed by atoms with van der Waals surface area (Å²) in [6, 6.07) is 8.37. The fraction of sp³-hybridized carbons (Fsp3) is 0.474. The molecule has 0 unspecified atom stereocenters. The number of hydrogen-bond acceptors (Lipinski definition) is 3. The molecule has 0 aliphatic heterocycles. The summed E-state index contributed by atoms with van der Waals surface area (Å²) in [5.41, 5.74) is 3.19. The summed E-state index contributed by atoms with van der Waals surface area (Å²) in [7, 11) is 0. The topological polar surface area (TPSA) is 46.9 Å². The number of carbonyl (C=O) groups is 1. The number of hydrogen-bond donors (Lipinski definition) is 1. The number of aromatic nitrogens is 2. The quantitative estimate of drug-likeness (QED) is 0.475. The lowest BCUT2D eigenvalue weighted by Gasteiger charge is -2.26. The van der Waals surface area contributed by atoms with Crippen molar-refractivity contribution in [2.75, 3.05) is 11.1 Å². The fourth-order valence-electron chi connectivity index (χ4n) is 3.35. The Morgan fingerprint density at radius 3 is 2.72 bits per heavy atom. The minimum Gasteiger partial charge on any atom is -0.324 e. The zero-order valence-electron chi connectivity index (χ0n) is 14.7. The predicted molar refractivity (Wildman–Crippen MR) is 112 cm³/mol. The number of benzene rings is 1. The van der Waals surface area contributed by atoms with Gasteiger partial charge in [0.15, 0.2) is 5.16 Å². The second kappa shape index (κ2) is 8.58. The first-order valence-electron chi connectivity index (χ1n) is 8.79. The van der Waals surface area contributed by atoms with E-state index in [1.165, 1.54) is 37.8 Å². The predicted octanol–water partition coefficient (Wildman–Crippen LogP) is 5.34. The summed E-state index contributed by atoms with van der Waals surface area (Å²) in [4.78, 5) is 17.1. The van der Waals surface area contributed by atoms with Gasteiger partial charge in [-0.05, 0) is 61.4 Å². The molecule has 1 aromatic heterocycles. The fourth-order valence-corrected chi connectivity index (χ4v) is 4.83. The molecule has 2 aromatic rings. The summed E-state index contributed by atoms with van der Waals surface area (Å²) < 4.78 is 3.42. The van der Waals surface area contributed by atoms with Gasteiger partial charge in [0.1, 0.15) is 0 Å². The van der Waals surface area contributed by atoms with Crippen molar-refractivity contribution in [1.82, 2.24) is 9.55 Å². The molecule has 134 valence electrons. The number of rotatable bonds is 5. The van der Waals surface area contributed by atoms with E-state index in [2.05, 4.69) is 46.3 Å². The van der Waals surface area contributed by atoms with Crippen molar-refractivity contribution in [3.8, 4) is 0 Å². The van der Waals surface area contributed by atoms with Crippen LogP contribution in [0.15, 0.2) is 29.4 Å². The van der Waals surface area contributed by atoms with Crippen LogP contribution in [0.4, 0.5) is 5.69 Å². The van der Waals surface area contributed by atoms with Gasteiger partial charge in [-0.25, -0.2) is 4.98 Å². The Morgan fingerprint density at radius 2 is 2.00 bits per heavy atom. The van der Waals surface area contributed by atoms with Crippen LogP contribution in [0.2, 0.25) is 0 Å². The molecule has 3 rings (SSSR count). The highest BCUT2D eigenvalue weighted by Gasteiger charge is 2.22. The van der Waals surface area contributed by atoms with E-state index in [9.17, 15) is 4.79 Å². The zero-order chi connectivity index (χ0) is 17.8. The molecular weight excluding hydrogens is 445 g/mol. The number of anilines is 1. The largest absolute Gasteiger partial charge is 0.324 e. The number of halogens is 1. The third-order valence-corrected chi connectivity index (χ3v) is 6.67. The van der Waals surface area contributed by atoms with Gasteiger partial charge >= 0.3 is 0 Å². The summed E-state index contributed by atoms with van der Waals surface area (Å²) in [5, 5.41) is 3.98. The Morgan fingerprint density at radius 1 is 1.28 bits per heavy atom. The SMILES string of the molecule is Cc1nc(SCC(=O)Nc2ccccc2I)n(C2CCCCC2)c1C. The Bertz CT molecular complexity index is 753. The van der Waals surface area contributed by atoms with E-state index >= 15 is 0 Å². The summed E-state index contributed by atoms with van der Waals surface area (Å²) in [6.07, 6.45) is 6.36. The van der Waals surface area contributed by atoms with Gasteiger partial charge in [0.25, 0.3) is 0 Å². The molecular formula is C19H24IN3OS. The monoisotopic (exact) mass is 469 g/mol. The van der Waals surface area contributed by atoms with Crippen LogP contribution in [0.1, 0.15) is 49.5 Å². The zero-order valence-corrected chi connectivity index (χ0v) is 17.7. The van der Waals surface area contributed by atoms with Crippen molar-refractivity contribution in [3.63, 3.8) is 0 Å². The third kappa shape index (κ3) is 4.58. The number of nitrogens with zero attached hydrogens (tertiary/aromatic N) is 2. The molecule has 0 spiro atoms. The first kappa shape index (κ1) is 18.8. The first-order chi connectivity index (χ1) is 12.1. The van der Waals surface area contributed by atoms with E-state index in [1.807, 2.05) is 24.3 Å². The van der Waals surface area contributed by atoms with Gasteiger partial charge in [-0.15, -0.1) is 0 Å². The van der Waals surface area contributed by atoms with E-state index in [0.29, 0.717) is 11.8 Å². The van der Waals surface area contributed by atoms with E-state index in [-0.39, 0.29) is 5.91 Å². The van der Waals surface area contributed by atoms with Gasteiger partial charge < -0.3 is 9.88 Å². The van der Waals surface area contributed by atoms with Crippen molar-refractivity contribution in [3.05, 3.63) is 39.2 Å². The average Bonchev–Trinajstić information content (AvgIpc) is 2.90. The van der Waals surface area contributed by atoms with E-state index < -0.39 is 0 Å². The number of nitrogens with one attached hydrogen (secondary N) is 1. The second-order valence-corrected chi connectivity index (χ2v) is 8.65. The lowest BCUT2D eigenvalue weighted by Crippen LogP contribution is -2.17. The molecule has 1 aliphatic carbocycles. The standard InChI is InChI=1S/C19H24IN3OS/c1-13-14(2)23(15-8-4-3-5-9-15)19(21-13)25-12-18(24)22-17-11-7-6-10-16(17)20/h6-7,10-11,15H,3-5,8-9,12H2,1-2H3,(H,22,24). The van der Waals surface area contributed by atoms with E-state index in [1.54, 1.807) is 11.8 Å². The molecule has 0 radical (unpaired) electrons. The van der Waals surface area contributed by atoms with Gasteiger partial charge in [-0.1, -0.05) is 43.2 Å². The molecule has 1 N–H and O–H groups in total. The number of para-hydroxylation sites is 1. The van der Waals surface area contributed by atoms with Crippen LogP contribution in [-0.2, 0) is 4.79 Å². The molecule has 0 saturated heterocycles. The molecule has 0 atom stereocenters. The van der Waals surface area contributed by atoms with Crippen molar-refractivity contribution in [2.24, 2.45) is 0 Å². The van der Waals surface area contributed by atoms with Crippen LogP contribution in [0.25, 0.3) is 0 Å². The summed E-state index contributed by atoms with van der Waals surface area (Å²) in [5.74, 6) is 0.399. The van der Waals surface area contributed by atoms with E-state index in [4.69, 9.17) is 4.98 Å². The van der Waals surface area contributed by atoms with Crippen LogP contribution < -0.4 is 5.32 Å². The molecule has 1 heterocycles. The number of thioether (sulfide) groups is 1. The molecule has 25 heavy (non-hydrogen) atoms. The number of imidazole rings is 1. The lowest BCUT2D eigenvalue weighted by atomic mass is 9.95. The van der Waals surface area contributed by atoms with Crippen molar-refractivity contribution >= 4 is 45.9 Å². The number of aryl methyl sites for hydroxylation is 1. The summed E-state index contributed by atoms with van der Waals surface area (Å²) in [6.45, 7) is 4.21. The molecule has 1 aliphatic rings. The smallest absolute Gasteiger partial charge is 0.234 e. The van der Waals surface area contributed by atoms with Crippen LogP contribution >= 0.6 is 34.4 Å². The molecule has 1 amide bonds.